The normalized spacial score (nSPS) is 41.6. The number of likely N-dealkylation sites (N-methyl/N-ethyl adjacent to an activating group) is 1. The molecular weight excluding hydrogens is 212 g/mol. The highest BCUT2D eigenvalue weighted by atomic mass is 15.2. The lowest BCUT2D eigenvalue weighted by atomic mass is 9.79. The van der Waals surface area contributed by atoms with Crippen molar-refractivity contribution < 1.29 is 0 Å². The first-order chi connectivity index (χ1) is 8.11. The summed E-state index contributed by atoms with van der Waals surface area (Å²) in [7, 11) is 2.18. The third kappa shape index (κ3) is 2.99. The average Bonchev–Trinajstić information content (AvgIpc) is 2.30. The van der Waals surface area contributed by atoms with E-state index in [4.69, 9.17) is 5.73 Å². The van der Waals surface area contributed by atoms with Gasteiger partial charge in [0, 0.05) is 31.8 Å². The Bertz CT molecular complexity index is 246. The van der Waals surface area contributed by atoms with Crippen molar-refractivity contribution in [2.24, 2.45) is 17.6 Å². The molecule has 0 bridgehead atoms. The van der Waals surface area contributed by atoms with Gasteiger partial charge in [-0.2, -0.15) is 0 Å². The Labute approximate surface area is 106 Å². The van der Waals surface area contributed by atoms with Gasteiger partial charge in [-0.15, -0.1) is 0 Å². The van der Waals surface area contributed by atoms with E-state index in [2.05, 4.69) is 36.0 Å². The number of likely N-dealkylation sites (tertiary alicyclic amines) is 1. The first-order valence-corrected chi connectivity index (χ1v) is 7.01. The van der Waals surface area contributed by atoms with Crippen LogP contribution in [-0.4, -0.2) is 61.8 Å². The Kier molecular flexibility index (Phi) is 4.42. The Morgan fingerprint density at radius 3 is 2.71 bits per heavy atom. The SMILES string of the molecule is CCN1CCC(C2NCN(C)CC2C)C(N)C1. The van der Waals surface area contributed by atoms with Crippen LogP contribution < -0.4 is 11.1 Å². The molecule has 0 aromatic rings. The number of hydrogen-bond donors (Lipinski definition) is 2. The lowest BCUT2D eigenvalue weighted by Crippen LogP contribution is -2.61. The summed E-state index contributed by atoms with van der Waals surface area (Å²) in [5, 5.41) is 3.68. The Morgan fingerprint density at radius 2 is 2.12 bits per heavy atom. The quantitative estimate of drug-likeness (QED) is 0.721. The first kappa shape index (κ1) is 13.3. The zero-order chi connectivity index (χ0) is 12.4. The molecule has 0 saturated carbocycles. The summed E-state index contributed by atoms with van der Waals surface area (Å²) in [5.74, 6) is 1.36. The van der Waals surface area contributed by atoms with E-state index in [9.17, 15) is 0 Å². The van der Waals surface area contributed by atoms with Gasteiger partial charge in [-0.3, -0.25) is 4.90 Å². The second kappa shape index (κ2) is 5.65. The second-order valence-electron chi connectivity index (χ2n) is 5.91. The molecule has 3 N–H and O–H groups in total. The molecule has 2 heterocycles. The Hall–Kier alpha value is -0.160. The van der Waals surface area contributed by atoms with Gasteiger partial charge in [0.15, 0.2) is 0 Å². The minimum Gasteiger partial charge on any atom is -0.326 e. The molecule has 0 aromatic carbocycles. The van der Waals surface area contributed by atoms with Crippen LogP contribution in [0, 0.1) is 11.8 Å². The molecule has 2 rings (SSSR count). The van der Waals surface area contributed by atoms with Gasteiger partial charge in [0.1, 0.15) is 0 Å². The van der Waals surface area contributed by atoms with E-state index < -0.39 is 0 Å². The number of nitrogens with one attached hydrogen (secondary N) is 1. The maximum atomic E-state index is 6.38. The van der Waals surface area contributed by atoms with Crippen molar-refractivity contribution in [2.75, 3.05) is 39.9 Å². The molecule has 4 nitrogen and oxygen atoms in total. The van der Waals surface area contributed by atoms with Crippen LogP contribution in [0.25, 0.3) is 0 Å². The summed E-state index contributed by atoms with van der Waals surface area (Å²) < 4.78 is 0. The summed E-state index contributed by atoms with van der Waals surface area (Å²) in [6, 6.07) is 0.951. The summed E-state index contributed by atoms with van der Waals surface area (Å²) in [6.07, 6.45) is 1.25. The third-order valence-corrected chi connectivity index (χ3v) is 4.52. The van der Waals surface area contributed by atoms with Crippen molar-refractivity contribution >= 4 is 0 Å². The van der Waals surface area contributed by atoms with Crippen molar-refractivity contribution in [2.45, 2.75) is 32.4 Å². The Morgan fingerprint density at radius 1 is 1.35 bits per heavy atom. The monoisotopic (exact) mass is 240 g/mol. The summed E-state index contributed by atoms with van der Waals surface area (Å²) in [6.45, 7) is 10.2. The molecule has 4 atom stereocenters. The molecule has 2 fully saturated rings. The topological polar surface area (TPSA) is 44.5 Å². The molecule has 0 amide bonds. The minimum atomic E-state index is 0.340. The zero-order valence-corrected chi connectivity index (χ0v) is 11.5. The van der Waals surface area contributed by atoms with Crippen LogP contribution >= 0.6 is 0 Å². The van der Waals surface area contributed by atoms with Crippen molar-refractivity contribution in [3.63, 3.8) is 0 Å². The van der Waals surface area contributed by atoms with Crippen LogP contribution in [0.15, 0.2) is 0 Å². The standard InChI is InChI=1S/C13H28N4/c1-4-17-6-5-11(12(14)8-17)13-10(2)7-16(3)9-15-13/h10-13,15H,4-9,14H2,1-3H3. The van der Waals surface area contributed by atoms with Gasteiger partial charge in [-0.1, -0.05) is 13.8 Å². The lowest BCUT2D eigenvalue weighted by Gasteiger charge is -2.46. The molecule has 100 valence electrons. The van der Waals surface area contributed by atoms with E-state index in [1.807, 2.05) is 0 Å². The molecule has 0 spiro atoms. The second-order valence-corrected chi connectivity index (χ2v) is 5.91. The molecule has 17 heavy (non-hydrogen) atoms. The molecule has 2 aliphatic heterocycles. The number of nitrogens with two attached hydrogens (primary N) is 1. The number of piperidine rings is 1. The van der Waals surface area contributed by atoms with Crippen molar-refractivity contribution in [1.29, 1.82) is 0 Å². The molecule has 0 aromatic heterocycles. The van der Waals surface area contributed by atoms with Gasteiger partial charge in [0.05, 0.1) is 0 Å². The van der Waals surface area contributed by atoms with E-state index in [0.717, 1.165) is 19.8 Å². The lowest BCUT2D eigenvalue weighted by molar-refractivity contribution is 0.0743. The Balaban J connectivity index is 1.93. The van der Waals surface area contributed by atoms with Crippen molar-refractivity contribution in [3.05, 3.63) is 0 Å². The molecule has 0 radical (unpaired) electrons. The summed E-state index contributed by atoms with van der Waals surface area (Å²) >= 11 is 0. The van der Waals surface area contributed by atoms with Gasteiger partial charge in [0.2, 0.25) is 0 Å². The molecule has 0 aliphatic carbocycles. The molecular formula is C13H28N4. The van der Waals surface area contributed by atoms with Crippen LogP contribution in [-0.2, 0) is 0 Å². The molecule has 4 unspecified atom stereocenters. The maximum absolute atomic E-state index is 6.38. The highest BCUT2D eigenvalue weighted by Crippen LogP contribution is 2.26. The van der Waals surface area contributed by atoms with Gasteiger partial charge in [-0.25, -0.2) is 0 Å². The highest BCUT2D eigenvalue weighted by molar-refractivity contribution is 4.94. The summed E-state index contributed by atoms with van der Waals surface area (Å²) in [4.78, 5) is 4.83. The maximum Gasteiger partial charge on any atom is 0.0480 e. The van der Waals surface area contributed by atoms with Crippen LogP contribution in [0.5, 0.6) is 0 Å². The van der Waals surface area contributed by atoms with Crippen LogP contribution in [0.1, 0.15) is 20.3 Å². The third-order valence-electron chi connectivity index (χ3n) is 4.52. The highest BCUT2D eigenvalue weighted by Gasteiger charge is 2.36. The van der Waals surface area contributed by atoms with E-state index in [1.54, 1.807) is 0 Å². The van der Waals surface area contributed by atoms with Crippen LogP contribution in [0.4, 0.5) is 0 Å². The fourth-order valence-electron chi connectivity index (χ4n) is 3.51. The number of hydrogen-bond acceptors (Lipinski definition) is 4. The molecule has 2 saturated heterocycles. The van der Waals surface area contributed by atoms with Gasteiger partial charge in [0.25, 0.3) is 0 Å². The predicted octanol–water partition coefficient (Wildman–Crippen LogP) is 0.153. The minimum absolute atomic E-state index is 0.340. The fourth-order valence-corrected chi connectivity index (χ4v) is 3.51. The van der Waals surface area contributed by atoms with E-state index in [0.29, 0.717) is 23.9 Å². The predicted molar refractivity (Wildman–Crippen MR) is 71.8 cm³/mol. The average molecular weight is 240 g/mol. The summed E-state index contributed by atoms with van der Waals surface area (Å²) in [5.41, 5.74) is 6.38. The van der Waals surface area contributed by atoms with Crippen LogP contribution in [0.2, 0.25) is 0 Å². The van der Waals surface area contributed by atoms with E-state index in [1.165, 1.54) is 19.5 Å². The molecule has 2 aliphatic rings. The largest absolute Gasteiger partial charge is 0.326 e. The fraction of sp³-hybridized carbons (Fsp3) is 1.00. The number of rotatable bonds is 2. The van der Waals surface area contributed by atoms with Crippen molar-refractivity contribution in [1.82, 2.24) is 15.1 Å². The molecule has 4 heteroatoms. The van der Waals surface area contributed by atoms with Gasteiger partial charge < -0.3 is 16.0 Å². The first-order valence-electron chi connectivity index (χ1n) is 7.01. The van der Waals surface area contributed by atoms with E-state index in [-0.39, 0.29) is 0 Å². The zero-order valence-electron chi connectivity index (χ0n) is 11.5. The van der Waals surface area contributed by atoms with Crippen molar-refractivity contribution in [3.8, 4) is 0 Å². The van der Waals surface area contributed by atoms with Gasteiger partial charge >= 0.3 is 0 Å². The number of nitrogens with zero attached hydrogens (tertiary/aromatic N) is 2. The van der Waals surface area contributed by atoms with E-state index >= 15 is 0 Å². The smallest absolute Gasteiger partial charge is 0.0480 e. The van der Waals surface area contributed by atoms with Gasteiger partial charge in [-0.05, 0) is 38.4 Å². The van der Waals surface area contributed by atoms with Crippen LogP contribution in [0.3, 0.4) is 0 Å².